The van der Waals surface area contributed by atoms with Crippen molar-refractivity contribution in [1.82, 2.24) is 9.47 Å². The number of thioether (sulfide) groups is 1. The molecule has 3 amide bonds. The van der Waals surface area contributed by atoms with E-state index in [1.54, 1.807) is 23.8 Å². The summed E-state index contributed by atoms with van der Waals surface area (Å²) in [6.07, 6.45) is 3.30. The third-order valence-corrected chi connectivity index (χ3v) is 6.27. The van der Waals surface area contributed by atoms with Gasteiger partial charge in [0.2, 0.25) is 5.91 Å². The Morgan fingerprint density at radius 3 is 2.57 bits per heavy atom. The van der Waals surface area contributed by atoms with Gasteiger partial charge in [0.05, 0.1) is 11.5 Å². The standard InChI is InChI=1S/C25H22FN3O5S/c1-3-34-24(32)15(2)29-23(31)21(35-25(29)33)12-16-13-28(20-7-5-4-6-19(16)20)14-22(30)27-18-10-8-17(26)9-11-18/h4-13,15H,3,14H2,1-2H3,(H,27,30)/b21-12+/t15-/m0/s1. The maximum absolute atomic E-state index is 13.1. The van der Waals surface area contributed by atoms with Crippen LogP contribution in [0.2, 0.25) is 0 Å². The summed E-state index contributed by atoms with van der Waals surface area (Å²) < 4.78 is 19.8. The molecule has 8 nitrogen and oxygen atoms in total. The number of benzene rings is 2. The fourth-order valence-corrected chi connectivity index (χ4v) is 4.63. The number of rotatable bonds is 7. The van der Waals surface area contributed by atoms with Gasteiger partial charge in [-0.25, -0.2) is 9.18 Å². The van der Waals surface area contributed by atoms with E-state index in [0.717, 1.165) is 27.6 Å². The molecule has 2 heterocycles. The maximum Gasteiger partial charge on any atom is 0.329 e. The lowest BCUT2D eigenvalue weighted by Gasteiger charge is -2.19. The largest absolute Gasteiger partial charge is 0.464 e. The first-order chi connectivity index (χ1) is 16.8. The number of halogens is 1. The highest BCUT2D eigenvalue weighted by atomic mass is 32.2. The average molecular weight is 496 g/mol. The molecule has 1 N–H and O–H groups in total. The number of hydrogen-bond donors (Lipinski definition) is 1. The molecule has 180 valence electrons. The quantitative estimate of drug-likeness (QED) is 0.385. The molecule has 10 heteroatoms. The first kappa shape index (κ1) is 24.2. The number of anilines is 1. The van der Waals surface area contributed by atoms with Gasteiger partial charge < -0.3 is 14.6 Å². The van der Waals surface area contributed by atoms with Gasteiger partial charge in [-0.3, -0.25) is 19.3 Å². The number of carbonyl (C=O) groups excluding carboxylic acids is 4. The summed E-state index contributed by atoms with van der Waals surface area (Å²) in [5, 5.41) is 2.95. The van der Waals surface area contributed by atoms with Gasteiger partial charge in [0.1, 0.15) is 18.4 Å². The number of carbonyl (C=O) groups is 4. The van der Waals surface area contributed by atoms with E-state index in [1.807, 2.05) is 24.3 Å². The zero-order chi connectivity index (χ0) is 25.1. The predicted octanol–water partition coefficient (Wildman–Crippen LogP) is 4.41. The lowest BCUT2D eigenvalue weighted by molar-refractivity contribution is -0.150. The predicted molar refractivity (Wildman–Crippen MR) is 131 cm³/mol. The minimum Gasteiger partial charge on any atom is -0.464 e. The van der Waals surface area contributed by atoms with Crippen molar-refractivity contribution >= 4 is 57.5 Å². The monoisotopic (exact) mass is 495 g/mol. The Balaban J connectivity index is 1.59. The number of fused-ring (bicyclic) bond motifs is 1. The number of para-hydroxylation sites is 1. The second-order valence-electron chi connectivity index (χ2n) is 7.76. The lowest BCUT2D eigenvalue weighted by Crippen LogP contribution is -2.42. The van der Waals surface area contributed by atoms with Crippen molar-refractivity contribution in [2.45, 2.75) is 26.4 Å². The minimum atomic E-state index is -1.04. The number of aromatic nitrogens is 1. The van der Waals surface area contributed by atoms with Crippen LogP contribution >= 0.6 is 11.8 Å². The third-order valence-electron chi connectivity index (χ3n) is 5.39. The van der Waals surface area contributed by atoms with Crippen LogP contribution in [0.5, 0.6) is 0 Å². The van der Waals surface area contributed by atoms with Gasteiger partial charge in [0.25, 0.3) is 11.1 Å². The zero-order valence-corrected chi connectivity index (χ0v) is 19.8. The van der Waals surface area contributed by atoms with Gasteiger partial charge in [-0.1, -0.05) is 18.2 Å². The van der Waals surface area contributed by atoms with E-state index in [2.05, 4.69) is 5.32 Å². The molecule has 1 aliphatic heterocycles. The number of imide groups is 1. The second kappa shape index (κ2) is 10.1. The van der Waals surface area contributed by atoms with Crippen molar-refractivity contribution < 1.29 is 28.3 Å². The number of nitrogens with zero attached hydrogens (tertiary/aromatic N) is 2. The van der Waals surface area contributed by atoms with E-state index in [9.17, 15) is 23.6 Å². The molecule has 0 aliphatic carbocycles. The first-order valence-corrected chi connectivity index (χ1v) is 11.7. The summed E-state index contributed by atoms with van der Waals surface area (Å²) in [4.78, 5) is 51.1. The van der Waals surface area contributed by atoms with Crippen LogP contribution in [0.4, 0.5) is 14.9 Å². The molecule has 1 saturated heterocycles. The van der Waals surface area contributed by atoms with Crippen LogP contribution in [0, 0.1) is 5.82 Å². The number of nitrogens with one attached hydrogen (secondary N) is 1. The van der Waals surface area contributed by atoms with Crippen molar-refractivity contribution in [1.29, 1.82) is 0 Å². The molecular formula is C25H22FN3O5S. The van der Waals surface area contributed by atoms with E-state index >= 15 is 0 Å². The van der Waals surface area contributed by atoms with Crippen molar-refractivity contribution in [2.24, 2.45) is 0 Å². The molecule has 1 fully saturated rings. The SMILES string of the molecule is CCOC(=O)[C@H](C)N1C(=O)S/C(=C/c2cn(CC(=O)Nc3ccc(F)cc3)c3ccccc23)C1=O. The molecule has 3 aromatic rings. The van der Waals surface area contributed by atoms with Crippen molar-refractivity contribution in [3.05, 3.63) is 71.0 Å². The molecular weight excluding hydrogens is 473 g/mol. The van der Waals surface area contributed by atoms with Gasteiger partial charge in [-0.05, 0) is 62.0 Å². The molecule has 1 atom stereocenters. The van der Waals surface area contributed by atoms with Gasteiger partial charge in [-0.2, -0.15) is 0 Å². The van der Waals surface area contributed by atoms with Crippen LogP contribution < -0.4 is 5.32 Å². The highest BCUT2D eigenvalue weighted by molar-refractivity contribution is 8.18. The van der Waals surface area contributed by atoms with Crippen LogP contribution in [0.3, 0.4) is 0 Å². The molecule has 0 spiro atoms. The lowest BCUT2D eigenvalue weighted by atomic mass is 10.1. The molecule has 1 aromatic heterocycles. The van der Waals surface area contributed by atoms with Crippen LogP contribution in [0.25, 0.3) is 17.0 Å². The molecule has 35 heavy (non-hydrogen) atoms. The Hall–Kier alpha value is -3.92. The summed E-state index contributed by atoms with van der Waals surface area (Å²) >= 11 is 0.747. The molecule has 1 aliphatic rings. The molecule has 2 aromatic carbocycles. The molecule has 0 unspecified atom stereocenters. The van der Waals surface area contributed by atoms with Crippen LogP contribution in [0.15, 0.2) is 59.6 Å². The fraction of sp³-hybridized carbons (Fsp3) is 0.200. The Kier molecular flexibility index (Phi) is 7.02. The van der Waals surface area contributed by atoms with Crippen molar-refractivity contribution in [3.8, 4) is 0 Å². The molecule has 0 bridgehead atoms. The number of amides is 3. The van der Waals surface area contributed by atoms with E-state index in [4.69, 9.17) is 4.74 Å². The Morgan fingerprint density at radius 2 is 1.86 bits per heavy atom. The van der Waals surface area contributed by atoms with Crippen molar-refractivity contribution in [3.63, 3.8) is 0 Å². The highest BCUT2D eigenvalue weighted by Gasteiger charge is 2.41. The van der Waals surface area contributed by atoms with Gasteiger partial charge >= 0.3 is 5.97 Å². The third kappa shape index (κ3) is 5.12. The molecule has 4 rings (SSSR count). The molecule has 0 radical (unpaired) electrons. The Morgan fingerprint density at radius 1 is 1.14 bits per heavy atom. The zero-order valence-electron chi connectivity index (χ0n) is 19.0. The normalized spacial score (nSPS) is 15.6. The van der Waals surface area contributed by atoms with E-state index < -0.39 is 29.0 Å². The topological polar surface area (TPSA) is 97.7 Å². The second-order valence-corrected chi connectivity index (χ2v) is 8.76. The Bertz CT molecular complexity index is 1350. The van der Waals surface area contributed by atoms with Crippen LogP contribution in [0.1, 0.15) is 19.4 Å². The summed E-state index contributed by atoms with van der Waals surface area (Å²) in [7, 11) is 0. The summed E-state index contributed by atoms with van der Waals surface area (Å²) in [6, 6.07) is 11.8. The smallest absolute Gasteiger partial charge is 0.329 e. The first-order valence-electron chi connectivity index (χ1n) is 10.9. The summed E-state index contributed by atoms with van der Waals surface area (Å²) in [5.41, 5.74) is 1.87. The van der Waals surface area contributed by atoms with Gasteiger partial charge in [-0.15, -0.1) is 0 Å². The van der Waals surface area contributed by atoms with E-state index in [-0.39, 0.29) is 24.0 Å². The molecule has 0 saturated carbocycles. The van der Waals surface area contributed by atoms with Crippen molar-refractivity contribution in [2.75, 3.05) is 11.9 Å². The minimum absolute atomic E-state index is 0.0207. The number of hydrogen-bond acceptors (Lipinski definition) is 6. The van der Waals surface area contributed by atoms with E-state index in [1.165, 1.54) is 31.2 Å². The summed E-state index contributed by atoms with van der Waals surface area (Å²) in [5.74, 6) is -1.94. The number of ether oxygens (including phenoxy) is 1. The van der Waals surface area contributed by atoms with Gasteiger partial charge in [0, 0.05) is 28.4 Å². The fourth-order valence-electron chi connectivity index (χ4n) is 3.73. The number of esters is 1. The highest BCUT2D eigenvalue weighted by Crippen LogP contribution is 2.35. The summed E-state index contributed by atoms with van der Waals surface area (Å²) in [6.45, 7) is 3.22. The van der Waals surface area contributed by atoms with Gasteiger partial charge in [0.15, 0.2) is 0 Å². The van der Waals surface area contributed by atoms with Crippen LogP contribution in [-0.4, -0.2) is 45.1 Å². The maximum atomic E-state index is 13.1. The Labute approximate surface area is 204 Å². The van der Waals surface area contributed by atoms with Crippen LogP contribution in [-0.2, 0) is 25.7 Å². The van der Waals surface area contributed by atoms with E-state index in [0.29, 0.717) is 11.3 Å². The average Bonchev–Trinajstić information content (AvgIpc) is 3.31.